The molecule has 2 aliphatic rings. The molecule has 2 saturated heterocycles. The minimum Gasteiger partial charge on any atom is -0.390 e. The van der Waals surface area contributed by atoms with E-state index in [1.54, 1.807) is 0 Å². The molecule has 2 bridgehead atoms. The lowest BCUT2D eigenvalue weighted by Crippen LogP contribution is -2.54. The van der Waals surface area contributed by atoms with Gasteiger partial charge in [0.1, 0.15) is 18.2 Å². The molecule has 0 aliphatic carbocycles. The Bertz CT molecular complexity index is 308. The van der Waals surface area contributed by atoms with Gasteiger partial charge in [0.15, 0.2) is 6.29 Å². The van der Waals surface area contributed by atoms with Gasteiger partial charge in [-0.15, -0.1) is 0 Å². The van der Waals surface area contributed by atoms with E-state index in [9.17, 15) is 5.11 Å². The van der Waals surface area contributed by atoms with Crippen molar-refractivity contribution in [3.05, 3.63) is 10.4 Å². The summed E-state index contributed by atoms with van der Waals surface area (Å²) in [5.41, 5.74) is 8.46. The molecule has 0 aromatic heterocycles. The molecule has 7 nitrogen and oxygen atoms in total. The third-order valence-corrected chi connectivity index (χ3v) is 3.06. The van der Waals surface area contributed by atoms with E-state index < -0.39 is 24.5 Å². The van der Waals surface area contributed by atoms with Gasteiger partial charge in [-0.2, -0.15) is 0 Å². The first-order valence-corrected chi connectivity index (χ1v) is 5.89. The molecule has 0 radical (unpaired) electrons. The van der Waals surface area contributed by atoms with E-state index in [4.69, 9.17) is 19.7 Å². The minimum atomic E-state index is -0.867. The first-order chi connectivity index (χ1) is 8.27. The Hall–Kier alpha value is -0.850. The van der Waals surface area contributed by atoms with Crippen LogP contribution >= 0.6 is 0 Å². The second-order valence-electron chi connectivity index (χ2n) is 4.25. The van der Waals surface area contributed by atoms with Gasteiger partial charge in [0.05, 0.1) is 12.7 Å². The van der Waals surface area contributed by atoms with Crippen molar-refractivity contribution in [1.82, 2.24) is 0 Å². The van der Waals surface area contributed by atoms with Crippen molar-refractivity contribution in [3.63, 3.8) is 0 Å². The zero-order valence-corrected chi connectivity index (χ0v) is 9.73. The molecule has 0 amide bonds. The summed E-state index contributed by atoms with van der Waals surface area (Å²) in [7, 11) is 0. The molecular weight excluding hydrogens is 226 g/mol. The Kier molecular flexibility index (Phi) is 4.20. The Morgan fingerprint density at radius 3 is 3.12 bits per heavy atom. The first kappa shape index (κ1) is 12.6. The molecule has 96 valence electrons. The summed E-state index contributed by atoms with van der Waals surface area (Å²) in [5.74, 6) is 0. The van der Waals surface area contributed by atoms with E-state index in [0.29, 0.717) is 13.2 Å². The molecule has 7 heteroatoms. The predicted molar refractivity (Wildman–Crippen MR) is 58.2 cm³/mol. The molecule has 2 rings (SSSR count). The highest BCUT2D eigenvalue weighted by Gasteiger charge is 2.50. The minimum absolute atomic E-state index is 0.267. The van der Waals surface area contributed by atoms with Crippen LogP contribution in [0.3, 0.4) is 0 Å². The summed E-state index contributed by atoms with van der Waals surface area (Å²) in [5, 5.41) is 13.6. The number of ether oxygens (including phenoxy) is 3. The number of fused-ring (bicyclic) bond motifs is 2. The predicted octanol–water partition coefficient (Wildman–Crippen LogP) is 0.967. The van der Waals surface area contributed by atoms with Crippen molar-refractivity contribution < 1.29 is 19.3 Å². The molecular formula is C10H17N3O4. The Labute approximate surface area is 99.3 Å². The van der Waals surface area contributed by atoms with Crippen LogP contribution in [-0.2, 0) is 14.2 Å². The molecule has 17 heavy (non-hydrogen) atoms. The van der Waals surface area contributed by atoms with Crippen LogP contribution in [0.2, 0.25) is 0 Å². The van der Waals surface area contributed by atoms with Gasteiger partial charge >= 0.3 is 0 Å². The van der Waals surface area contributed by atoms with E-state index in [0.717, 1.165) is 12.8 Å². The smallest absolute Gasteiger partial charge is 0.169 e. The zero-order chi connectivity index (χ0) is 12.3. The van der Waals surface area contributed by atoms with Crippen LogP contribution in [0.1, 0.15) is 19.8 Å². The van der Waals surface area contributed by atoms with E-state index >= 15 is 0 Å². The number of aliphatic hydroxyl groups is 1. The summed E-state index contributed by atoms with van der Waals surface area (Å²) in [6.45, 7) is 3.00. The summed E-state index contributed by atoms with van der Waals surface area (Å²) >= 11 is 0. The molecule has 0 aromatic carbocycles. The second kappa shape index (κ2) is 5.66. The van der Waals surface area contributed by atoms with Crippen LogP contribution in [0, 0.1) is 0 Å². The highest BCUT2D eigenvalue weighted by Crippen LogP contribution is 2.31. The van der Waals surface area contributed by atoms with Gasteiger partial charge in [0, 0.05) is 11.5 Å². The third-order valence-electron chi connectivity index (χ3n) is 3.06. The van der Waals surface area contributed by atoms with E-state index in [1.165, 1.54) is 0 Å². The molecule has 0 saturated carbocycles. The lowest BCUT2D eigenvalue weighted by molar-refractivity contribution is -0.192. The van der Waals surface area contributed by atoms with Gasteiger partial charge in [-0.25, -0.2) is 0 Å². The van der Waals surface area contributed by atoms with Gasteiger partial charge in [-0.1, -0.05) is 18.5 Å². The quantitative estimate of drug-likeness (QED) is 0.336. The van der Waals surface area contributed by atoms with Gasteiger partial charge < -0.3 is 19.3 Å². The normalized spacial score (nSPS) is 40.0. The van der Waals surface area contributed by atoms with Crippen molar-refractivity contribution in [3.8, 4) is 0 Å². The third kappa shape index (κ3) is 2.53. The Balaban J connectivity index is 2.01. The first-order valence-electron chi connectivity index (χ1n) is 5.89. The summed E-state index contributed by atoms with van der Waals surface area (Å²) in [6, 6.07) is -0.731. The molecule has 2 fully saturated rings. The molecule has 1 N–H and O–H groups in total. The number of nitrogens with zero attached hydrogens (tertiary/aromatic N) is 3. The highest BCUT2D eigenvalue weighted by molar-refractivity contribution is 4.97. The van der Waals surface area contributed by atoms with Crippen LogP contribution in [0.25, 0.3) is 10.4 Å². The number of azide groups is 1. The van der Waals surface area contributed by atoms with Crippen molar-refractivity contribution in [1.29, 1.82) is 0 Å². The van der Waals surface area contributed by atoms with Crippen LogP contribution in [0.4, 0.5) is 0 Å². The molecule has 0 unspecified atom stereocenters. The van der Waals surface area contributed by atoms with Crippen molar-refractivity contribution >= 4 is 0 Å². The van der Waals surface area contributed by atoms with Crippen molar-refractivity contribution in [2.45, 2.75) is 50.4 Å². The zero-order valence-electron chi connectivity index (χ0n) is 9.73. The van der Waals surface area contributed by atoms with Gasteiger partial charge in [0.25, 0.3) is 0 Å². The van der Waals surface area contributed by atoms with Crippen LogP contribution in [0.5, 0.6) is 0 Å². The number of rotatable bonds is 5. The van der Waals surface area contributed by atoms with E-state index in [2.05, 4.69) is 16.9 Å². The molecule has 5 atom stereocenters. The topological polar surface area (TPSA) is 96.7 Å². The summed E-state index contributed by atoms with van der Waals surface area (Å²) < 4.78 is 16.4. The standard InChI is InChI=1S/C10H17N3O4/c1-2-3-4-15-9-6-5-16-10(17-6)7(8(9)14)12-13-11/h6-10,14H,2-5H2,1H3/t6-,7-,8-,9-,10-/m1/s1. The largest absolute Gasteiger partial charge is 0.390 e. The second-order valence-corrected chi connectivity index (χ2v) is 4.25. The van der Waals surface area contributed by atoms with E-state index in [-0.39, 0.29) is 6.10 Å². The SMILES string of the molecule is CCCCO[C@H]1[C@H](O)[C@@H](N=[N+]=[N-])[C@@H]2OC[C@H]1O2. The average Bonchev–Trinajstić information content (AvgIpc) is 2.75. The molecule has 2 aliphatic heterocycles. The van der Waals surface area contributed by atoms with E-state index in [1.807, 2.05) is 0 Å². The lowest BCUT2D eigenvalue weighted by Gasteiger charge is -2.35. The van der Waals surface area contributed by atoms with Crippen LogP contribution in [-0.4, -0.2) is 49.0 Å². The monoisotopic (exact) mass is 243 g/mol. The lowest BCUT2D eigenvalue weighted by atomic mass is 9.99. The average molecular weight is 243 g/mol. The maximum Gasteiger partial charge on any atom is 0.169 e. The van der Waals surface area contributed by atoms with Crippen molar-refractivity contribution in [2.24, 2.45) is 5.11 Å². The summed E-state index contributed by atoms with van der Waals surface area (Å²) in [4.78, 5) is 2.71. The fraction of sp³-hybridized carbons (Fsp3) is 1.00. The van der Waals surface area contributed by atoms with Gasteiger partial charge in [-0.3, -0.25) is 0 Å². The number of unbranched alkanes of at least 4 members (excludes halogenated alkanes) is 1. The molecule has 2 heterocycles. The highest BCUT2D eigenvalue weighted by atomic mass is 16.7. The van der Waals surface area contributed by atoms with Gasteiger partial charge in [0.2, 0.25) is 0 Å². The fourth-order valence-corrected chi connectivity index (χ4v) is 2.12. The number of hydrogen-bond acceptors (Lipinski definition) is 5. The summed E-state index contributed by atoms with van der Waals surface area (Å²) in [6.07, 6.45) is -0.307. The van der Waals surface area contributed by atoms with Gasteiger partial charge in [-0.05, 0) is 12.0 Å². The van der Waals surface area contributed by atoms with Crippen LogP contribution < -0.4 is 0 Å². The molecule has 0 spiro atoms. The maximum atomic E-state index is 10.1. The fourth-order valence-electron chi connectivity index (χ4n) is 2.12. The molecule has 0 aromatic rings. The van der Waals surface area contributed by atoms with Crippen molar-refractivity contribution in [2.75, 3.05) is 13.2 Å². The Morgan fingerprint density at radius 2 is 2.41 bits per heavy atom. The number of hydrogen-bond donors (Lipinski definition) is 1. The number of aliphatic hydroxyl groups excluding tert-OH is 1. The Morgan fingerprint density at radius 1 is 1.59 bits per heavy atom. The maximum absolute atomic E-state index is 10.1. The van der Waals surface area contributed by atoms with Crippen LogP contribution in [0.15, 0.2) is 5.11 Å².